The van der Waals surface area contributed by atoms with Crippen LogP contribution in [-0.2, 0) is 11.4 Å². The summed E-state index contributed by atoms with van der Waals surface area (Å²) in [6.45, 7) is -0.746. The standard InChI is InChI=1S/C22H22F3N3O5/c23-22(24,25)12-26-20(29)17-5-2-8-28(17)21(30)27-15-4-1-3-14(9-15)11-31-16-6-7-18-19(10-16)33-13-32-18/h1,3-4,6-7,9-10,17H,2,5,8,11-13H2,(H,26,29)(H,27,30). The van der Waals surface area contributed by atoms with E-state index in [1.807, 2.05) is 11.4 Å². The predicted octanol–water partition coefficient (Wildman–Crippen LogP) is 3.67. The highest BCUT2D eigenvalue weighted by Gasteiger charge is 2.36. The highest BCUT2D eigenvalue weighted by atomic mass is 19.4. The highest BCUT2D eigenvalue weighted by molar-refractivity contribution is 5.94. The van der Waals surface area contributed by atoms with Gasteiger partial charge in [0.05, 0.1) is 0 Å². The number of ether oxygens (including phenoxy) is 3. The summed E-state index contributed by atoms with van der Waals surface area (Å²) in [5, 5.41) is 4.56. The Bertz CT molecular complexity index is 1030. The number of hydrogen-bond donors (Lipinski definition) is 2. The number of likely N-dealkylation sites (tertiary alicyclic amines) is 1. The maximum absolute atomic E-state index is 12.7. The third-order valence-corrected chi connectivity index (χ3v) is 5.21. The van der Waals surface area contributed by atoms with Crippen LogP contribution in [0.5, 0.6) is 17.2 Å². The molecular formula is C22H22F3N3O5. The summed E-state index contributed by atoms with van der Waals surface area (Å²) in [6, 6.07) is 10.7. The molecule has 8 nitrogen and oxygen atoms in total. The van der Waals surface area contributed by atoms with Crippen LogP contribution >= 0.6 is 0 Å². The molecule has 2 heterocycles. The van der Waals surface area contributed by atoms with Gasteiger partial charge in [-0.25, -0.2) is 4.79 Å². The van der Waals surface area contributed by atoms with Crippen LogP contribution in [0.15, 0.2) is 42.5 Å². The van der Waals surface area contributed by atoms with E-state index in [0.717, 1.165) is 5.56 Å². The fourth-order valence-corrected chi connectivity index (χ4v) is 3.65. The minimum absolute atomic E-state index is 0.169. The van der Waals surface area contributed by atoms with Crippen molar-refractivity contribution < 1.29 is 37.0 Å². The van der Waals surface area contributed by atoms with Gasteiger partial charge in [-0.2, -0.15) is 13.2 Å². The number of hydrogen-bond acceptors (Lipinski definition) is 5. The lowest BCUT2D eigenvalue weighted by molar-refractivity contribution is -0.140. The molecule has 2 aliphatic heterocycles. The third kappa shape index (κ3) is 5.79. The van der Waals surface area contributed by atoms with Gasteiger partial charge in [-0.15, -0.1) is 0 Å². The Morgan fingerprint density at radius 1 is 1.12 bits per heavy atom. The Morgan fingerprint density at radius 2 is 1.94 bits per heavy atom. The van der Waals surface area contributed by atoms with Crippen LogP contribution in [0.2, 0.25) is 0 Å². The molecule has 4 rings (SSSR count). The van der Waals surface area contributed by atoms with Gasteiger partial charge in [0, 0.05) is 18.3 Å². The number of nitrogens with one attached hydrogen (secondary N) is 2. The molecule has 1 unspecified atom stereocenters. The first-order valence-electron chi connectivity index (χ1n) is 10.3. The monoisotopic (exact) mass is 465 g/mol. The Kier molecular flexibility index (Phi) is 6.47. The summed E-state index contributed by atoms with van der Waals surface area (Å²) in [6.07, 6.45) is -3.67. The van der Waals surface area contributed by atoms with Crippen molar-refractivity contribution in [2.24, 2.45) is 0 Å². The number of carbonyl (C=O) groups excluding carboxylic acids is 2. The van der Waals surface area contributed by atoms with Gasteiger partial charge in [-0.3, -0.25) is 4.79 Å². The molecule has 0 radical (unpaired) electrons. The molecule has 1 fully saturated rings. The Labute approximate surface area is 187 Å². The zero-order chi connectivity index (χ0) is 23.4. The number of anilines is 1. The number of halogens is 3. The van der Waals surface area contributed by atoms with Gasteiger partial charge in [0.25, 0.3) is 0 Å². The van der Waals surface area contributed by atoms with E-state index in [1.54, 1.807) is 36.4 Å². The van der Waals surface area contributed by atoms with Crippen LogP contribution in [-0.4, -0.2) is 48.9 Å². The second-order valence-electron chi connectivity index (χ2n) is 7.62. The third-order valence-electron chi connectivity index (χ3n) is 5.21. The zero-order valence-corrected chi connectivity index (χ0v) is 17.5. The van der Waals surface area contributed by atoms with Gasteiger partial charge in [-0.1, -0.05) is 12.1 Å². The molecule has 1 atom stereocenters. The van der Waals surface area contributed by atoms with Gasteiger partial charge >= 0.3 is 12.2 Å². The topological polar surface area (TPSA) is 89.1 Å². The molecule has 33 heavy (non-hydrogen) atoms. The first-order valence-corrected chi connectivity index (χ1v) is 10.3. The van der Waals surface area contributed by atoms with Gasteiger partial charge in [0.15, 0.2) is 11.5 Å². The summed E-state index contributed by atoms with van der Waals surface area (Å²) >= 11 is 0. The van der Waals surface area contributed by atoms with Crippen molar-refractivity contribution in [3.63, 3.8) is 0 Å². The highest BCUT2D eigenvalue weighted by Crippen LogP contribution is 2.35. The van der Waals surface area contributed by atoms with E-state index in [4.69, 9.17) is 14.2 Å². The number of urea groups is 1. The molecule has 0 bridgehead atoms. The molecule has 176 valence electrons. The van der Waals surface area contributed by atoms with E-state index in [-0.39, 0.29) is 19.9 Å². The molecule has 0 aliphatic carbocycles. The Morgan fingerprint density at radius 3 is 2.76 bits per heavy atom. The average molecular weight is 465 g/mol. The summed E-state index contributed by atoms with van der Waals surface area (Å²) in [5.74, 6) is 1.04. The van der Waals surface area contributed by atoms with Crippen LogP contribution < -0.4 is 24.8 Å². The van der Waals surface area contributed by atoms with Crippen LogP contribution in [0.3, 0.4) is 0 Å². The van der Waals surface area contributed by atoms with Crippen molar-refractivity contribution in [1.29, 1.82) is 0 Å². The van der Waals surface area contributed by atoms with Crippen LogP contribution in [0.1, 0.15) is 18.4 Å². The molecule has 11 heteroatoms. The number of benzene rings is 2. The van der Waals surface area contributed by atoms with Crippen molar-refractivity contribution in [1.82, 2.24) is 10.2 Å². The van der Waals surface area contributed by atoms with Crippen molar-refractivity contribution in [2.75, 3.05) is 25.2 Å². The molecule has 2 aliphatic rings. The van der Waals surface area contributed by atoms with E-state index in [9.17, 15) is 22.8 Å². The Hall–Kier alpha value is -3.63. The van der Waals surface area contributed by atoms with E-state index < -0.39 is 30.7 Å². The lowest BCUT2D eigenvalue weighted by Crippen LogP contribution is -2.49. The van der Waals surface area contributed by atoms with E-state index in [0.29, 0.717) is 35.8 Å². The first kappa shape index (κ1) is 22.6. The maximum Gasteiger partial charge on any atom is 0.405 e. The van der Waals surface area contributed by atoms with Gasteiger partial charge in [0.2, 0.25) is 12.7 Å². The molecule has 2 aromatic carbocycles. The van der Waals surface area contributed by atoms with Crippen LogP contribution in [0, 0.1) is 0 Å². The molecule has 1 saturated heterocycles. The summed E-state index contributed by atoms with van der Waals surface area (Å²) in [5.41, 5.74) is 1.26. The quantitative estimate of drug-likeness (QED) is 0.680. The van der Waals surface area contributed by atoms with Crippen molar-refractivity contribution in [3.05, 3.63) is 48.0 Å². The van der Waals surface area contributed by atoms with E-state index in [1.165, 1.54) is 4.90 Å². The number of amides is 3. The molecular weight excluding hydrogens is 443 g/mol. The van der Waals surface area contributed by atoms with E-state index in [2.05, 4.69) is 5.32 Å². The van der Waals surface area contributed by atoms with Gasteiger partial charge < -0.3 is 29.7 Å². The average Bonchev–Trinajstić information content (AvgIpc) is 3.45. The molecule has 3 amide bonds. The Balaban J connectivity index is 1.33. The van der Waals surface area contributed by atoms with Crippen molar-refractivity contribution in [2.45, 2.75) is 31.7 Å². The normalized spacial score (nSPS) is 17.1. The molecule has 2 N–H and O–H groups in total. The lowest BCUT2D eigenvalue weighted by atomic mass is 10.2. The van der Waals surface area contributed by atoms with Crippen molar-refractivity contribution in [3.8, 4) is 17.2 Å². The fourth-order valence-electron chi connectivity index (χ4n) is 3.65. The number of carbonyl (C=O) groups is 2. The number of alkyl halides is 3. The summed E-state index contributed by atoms with van der Waals surface area (Å²) in [7, 11) is 0. The van der Waals surface area contributed by atoms with Crippen molar-refractivity contribution >= 4 is 17.6 Å². The summed E-state index contributed by atoms with van der Waals surface area (Å²) < 4.78 is 53.5. The molecule has 0 aromatic heterocycles. The van der Waals surface area contributed by atoms with Crippen LogP contribution in [0.25, 0.3) is 0 Å². The first-order chi connectivity index (χ1) is 15.8. The van der Waals surface area contributed by atoms with Crippen LogP contribution in [0.4, 0.5) is 23.7 Å². The minimum Gasteiger partial charge on any atom is -0.489 e. The largest absolute Gasteiger partial charge is 0.489 e. The predicted molar refractivity (Wildman–Crippen MR) is 111 cm³/mol. The van der Waals surface area contributed by atoms with Gasteiger partial charge in [-0.05, 0) is 42.7 Å². The molecule has 0 saturated carbocycles. The lowest BCUT2D eigenvalue weighted by Gasteiger charge is -2.24. The number of rotatable bonds is 6. The number of fused-ring (bicyclic) bond motifs is 1. The molecule has 0 spiro atoms. The zero-order valence-electron chi connectivity index (χ0n) is 17.5. The molecule has 2 aromatic rings. The minimum atomic E-state index is -4.51. The SMILES string of the molecule is O=C(NCC(F)(F)F)C1CCCN1C(=O)Nc1cccc(COc2ccc3c(c2)OCO3)c1. The second-order valence-corrected chi connectivity index (χ2v) is 7.62. The number of nitrogens with zero attached hydrogens (tertiary/aromatic N) is 1. The van der Waals surface area contributed by atoms with Gasteiger partial charge in [0.1, 0.15) is 24.9 Å². The summed E-state index contributed by atoms with van der Waals surface area (Å²) in [4.78, 5) is 26.1. The van der Waals surface area contributed by atoms with E-state index >= 15 is 0 Å². The second kappa shape index (κ2) is 9.47. The maximum atomic E-state index is 12.7. The fraction of sp³-hybridized carbons (Fsp3) is 0.364. The smallest absolute Gasteiger partial charge is 0.405 e.